The Bertz CT molecular complexity index is 1260. The maximum Gasteiger partial charge on any atom is 0.264 e. The van der Waals surface area contributed by atoms with E-state index < -0.39 is 10.0 Å². The lowest BCUT2D eigenvalue weighted by Gasteiger charge is -2.24. The summed E-state index contributed by atoms with van der Waals surface area (Å²) >= 11 is 6.47. The van der Waals surface area contributed by atoms with Crippen LogP contribution in [0, 0.1) is 10.9 Å². The number of aryl methyl sites for hydroxylation is 1. The summed E-state index contributed by atoms with van der Waals surface area (Å²) in [5, 5.41) is 11.2. The van der Waals surface area contributed by atoms with Gasteiger partial charge in [-0.1, -0.05) is 47.2 Å². The van der Waals surface area contributed by atoms with E-state index in [9.17, 15) is 8.42 Å². The van der Waals surface area contributed by atoms with Crippen molar-refractivity contribution in [2.24, 2.45) is 0 Å². The number of H-pyrrole nitrogens is 1. The monoisotopic (exact) mass is 431 g/mol. The van der Waals surface area contributed by atoms with Gasteiger partial charge in [-0.25, -0.2) is 12.9 Å². The molecule has 0 saturated heterocycles. The molecule has 2 heterocycles. The molecule has 0 saturated carbocycles. The molecule has 4 rings (SSSR count). The van der Waals surface area contributed by atoms with Crippen molar-refractivity contribution in [3.05, 3.63) is 69.9 Å². The van der Waals surface area contributed by atoms with Crippen molar-refractivity contribution in [2.45, 2.75) is 18.2 Å². The van der Waals surface area contributed by atoms with E-state index in [0.29, 0.717) is 26.8 Å². The van der Waals surface area contributed by atoms with Crippen LogP contribution in [0.3, 0.4) is 0 Å². The molecule has 0 aliphatic heterocycles. The highest BCUT2D eigenvalue weighted by Crippen LogP contribution is 2.24. The number of nitrogens with one attached hydrogen (secondary N) is 1. The number of anilines is 1. The Balaban J connectivity index is 1.70. The summed E-state index contributed by atoms with van der Waals surface area (Å²) in [5.74, 6) is 0.628. The Morgan fingerprint density at radius 3 is 2.54 bits per heavy atom. The number of aromatic nitrogens is 4. The molecule has 0 bridgehead atoms. The van der Waals surface area contributed by atoms with Crippen molar-refractivity contribution in [1.82, 2.24) is 19.8 Å². The Morgan fingerprint density at radius 2 is 1.82 bits per heavy atom. The minimum Gasteiger partial charge on any atom is -0.271 e. The van der Waals surface area contributed by atoms with Crippen molar-refractivity contribution in [2.75, 3.05) is 10.8 Å². The Kier molecular flexibility index (Phi) is 5.00. The molecule has 10 heteroatoms. The third kappa shape index (κ3) is 3.58. The summed E-state index contributed by atoms with van der Waals surface area (Å²) in [6, 6.07) is 15.8. The van der Waals surface area contributed by atoms with Crippen LogP contribution in [-0.4, -0.2) is 34.8 Å². The summed E-state index contributed by atoms with van der Waals surface area (Å²) in [6.45, 7) is 2.18. The van der Waals surface area contributed by atoms with Crippen molar-refractivity contribution in [1.29, 1.82) is 0 Å². The third-order valence-electron chi connectivity index (χ3n) is 4.28. The number of nitrogens with zero attached hydrogens (tertiary/aromatic N) is 4. The quantitative estimate of drug-likeness (QED) is 0.472. The van der Waals surface area contributed by atoms with E-state index in [4.69, 9.17) is 12.2 Å². The first kappa shape index (κ1) is 18.8. The minimum absolute atomic E-state index is 0.220. The van der Waals surface area contributed by atoms with Gasteiger partial charge in [-0.3, -0.25) is 9.40 Å². The second kappa shape index (κ2) is 7.46. The molecule has 0 atom stereocenters. The topological polar surface area (TPSA) is 83.4 Å². The third-order valence-corrected chi connectivity index (χ3v) is 7.19. The van der Waals surface area contributed by atoms with Crippen molar-refractivity contribution < 1.29 is 8.42 Å². The van der Waals surface area contributed by atoms with E-state index in [2.05, 4.69) is 15.3 Å². The van der Waals surface area contributed by atoms with E-state index in [1.165, 1.54) is 15.6 Å². The molecule has 0 spiro atoms. The molecule has 2 aromatic heterocycles. The molecule has 28 heavy (non-hydrogen) atoms. The number of sulfonamides is 1. The zero-order valence-corrected chi connectivity index (χ0v) is 17.4. The predicted molar refractivity (Wildman–Crippen MR) is 112 cm³/mol. The average molecular weight is 432 g/mol. The number of benzene rings is 2. The summed E-state index contributed by atoms with van der Waals surface area (Å²) in [7, 11) is -3.72. The van der Waals surface area contributed by atoms with Gasteiger partial charge < -0.3 is 0 Å². The largest absolute Gasteiger partial charge is 0.271 e. The van der Waals surface area contributed by atoms with E-state index in [1.54, 1.807) is 34.8 Å². The molecule has 0 amide bonds. The smallest absolute Gasteiger partial charge is 0.264 e. The highest BCUT2D eigenvalue weighted by atomic mass is 32.2. The van der Waals surface area contributed by atoms with Gasteiger partial charge in [0, 0.05) is 13.0 Å². The highest BCUT2D eigenvalue weighted by molar-refractivity contribution is 7.92. The first-order valence-electron chi connectivity index (χ1n) is 8.53. The Morgan fingerprint density at radius 1 is 1.11 bits per heavy atom. The van der Waals surface area contributed by atoms with Crippen LogP contribution in [0.15, 0.2) is 59.5 Å². The standard InChI is InChI=1S/C18H17N5O2S3/c1-13-7-9-14(10-8-13)22(28(24,25)15-5-3-2-4-6-15)12-11-16-19-20-17-23(16)21-18(26)27-17/h2-10H,11-12H2,1H3,(H,21,26). The number of rotatable bonds is 6. The zero-order valence-electron chi connectivity index (χ0n) is 14.9. The number of fused-ring (bicyclic) bond motifs is 1. The van der Waals surface area contributed by atoms with Crippen molar-refractivity contribution in [3.63, 3.8) is 0 Å². The van der Waals surface area contributed by atoms with Crippen LogP contribution in [0.25, 0.3) is 4.96 Å². The summed E-state index contributed by atoms with van der Waals surface area (Å²) in [5.41, 5.74) is 1.67. The van der Waals surface area contributed by atoms with Gasteiger partial charge in [-0.15, -0.1) is 10.2 Å². The van der Waals surface area contributed by atoms with Crippen LogP contribution in [0.5, 0.6) is 0 Å². The maximum absolute atomic E-state index is 13.3. The van der Waals surface area contributed by atoms with Crippen LogP contribution < -0.4 is 4.31 Å². The summed E-state index contributed by atoms with van der Waals surface area (Å²) < 4.78 is 30.3. The average Bonchev–Trinajstić information content (AvgIpc) is 3.23. The van der Waals surface area contributed by atoms with Gasteiger partial charge >= 0.3 is 0 Å². The lowest BCUT2D eigenvalue weighted by Crippen LogP contribution is -2.33. The Labute approximate surface area is 171 Å². The van der Waals surface area contributed by atoms with Crippen LogP contribution in [-0.2, 0) is 16.4 Å². The highest BCUT2D eigenvalue weighted by Gasteiger charge is 2.25. The van der Waals surface area contributed by atoms with Crippen LogP contribution in [0.2, 0.25) is 0 Å². The van der Waals surface area contributed by atoms with E-state index >= 15 is 0 Å². The first-order chi connectivity index (χ1) is 13.4. The fraction of sp³-hybridized carbons (Fsp3) is 0.167. The lowest BCUT2D eigenvalue weighted by atomic mass is 10.2. The molecule has 2 aromatic carbocycles. The van der Waals surface area contributed by atoms with Gasteiger partial charge in [0.05, 0.1) is 10.6 Å². The van der Waals surface area contributed by atoms with E-state index in [0.717, 1.165) is 5.56 Å². The molecule has 0 unspecified atom stereocenters. The molecule has 7 nitrogen and oxygen atoms in total. The summed E-state index contributed by atoms with van der Waals surface area (Å²) in [6.07, 6.45) is 0.378. The molecule has 144 valence electrons. The molecule has 0 aliphatic rings. The lowest BCUT2D eigenvalue weighted by molar-refractivity contribution is 0.589. The van der Waals surface area contributed by atoms with Gasteiger partial charge in [0.2, 0.25) is 4.96 Å². The fourth-order valence-electron chi connectivity index (χ4n) is 2.86. The van der Waals surface area contributed by atoms with Crippen molar-refractivity contribution >= 4 is 44.2 Å². The molecule has 0 fully saturated rings. The van der Waals surface area contributed by atoms with Gasteiger partial charge in [0.15, 0.2) is 9.78 Å². The molecule has 1 N–H and O–H groups in total. The van der Waals surface area contributed by atoms with Gasteiger partial charge in [0.25, 0.3) is 10.0 Å². The van der Waals surface area contributed by atoms with E-state index in [1.807, 2.05) is 31.2 Å². The van der Waals surface area contributed by atoms with Crippen molar-refractivity contribution in [3.8, 4) is 0 Å². The number of aromatic amines is 1. The molecule has 4 aromatic rings. The number of hydrogen-bond donors (Lipinski definition) is 1. The first-order valence-corrected chi connectivity index (χ1v) is 11.2. The van der Waals surface area contributed by atoms with Crippen LogP contribution in [0.1, 0.15) is 11.4 Å². The van der Waals surface area contributed by atoms with E-state index in [-0.39, 0.29) is 11.4 Å². The fourth-order valence-corrected chi connectivity index (χ4v) is 5.29. The van der Waals surface area contributed by atoms with Gasteiger partial charge in [0.1, 0.15) is 0 Å². The zero-order chi connectivity index (χ0) is 19.7. The predicted octanol–water partition coefficient (Wildman–Crippen LogP) is 3.59. The van der Waals surface area contributed by atoms with Gasteiger partial charge in [-0.05, 0) is 43.4 Å². The SMILES string of the molecule is Cc1ccc(N(CCc2nnc3sc(=S)[nH]n23)S(=O)(=O)c2ccccc2)cc1. The molecular weight excluding hydrogens is 414 g/mol. The minimum atomic E-state index is -3.72. The molecular formula is C18H17N5O2S3. The Hall–Kier alpha value is -2.56. The second-order valence-corrected chi connectivity index (χ2v) is 9.72. The normalized spacial score (nSPS) is 11.8. The summed E-state index contributed by atoms with van der Waals surface area (Å²) in [4.78, 5) is 0.907. The number of hydrogen-bond acceptors (Lipinski definition) is 6. The molecule has 0 radical (unpaired) electrons. The van der Waals surface area contributed by atoms with Crippen LogP contribution in [0.4, 0.5) is 5.69 Å². The van der Waals surface area contributed by atoms with Gasteiger partial charge in [-0.2, -0.15) is 0 Å². The van der Waals surface area contributed by atoms with Crippen LogP contribution >= 0.6 is 23.6 Å². The maximum atomic E-state index is 13.3. The molecule has 0 aliphatic carbocycles. The second-order valence-electron chi connectivity index (χ2n) is 6.21.